The van der Waals surface area contributed by atoms with Gasteiger partial charge in [0.05, 0.1) is 17.5 Å². The van der Waals surface area contributed by atoms with E-state index in [4.69, 9.17) is 10.6 Å². The summed E-state index contributed by atoms with van der Waals surface area (Å²) < 4.78 is 5.47. The number of carbonyl (C=O) groups excluding carboxylic acids is 1. The van der Waals surface area contributed by atoms with Gasteiger partial charge < -0.3 is 4.74 Å². The lowest BCUT2D eigenvalue weighted by Crippen LogP contribution is -2.30. The normalized spacial score (nSPS) is 9.83. The number of nitrogens with zero attached hydrogens (tertiary/aromatic N) is 2. The quantitative estimate of drug-likeness (QED) is 0.468. The number of aromatic nitrogens is 2. The zero-order valence-corrected chi connectivity index (χ0v) is 9.54. The molecule has 2 heterocycles. The Kier molecular flexibility index (Phi) is 3.83. The van der Waals surface area contributed by atoms with Crippen molar-refractivity contribution in [1.29, 1.82) is 0 Å². The molecule has 0 fully saturated rings. The number of nitrogens with two attached hydrogens (primary N) is 1. The van der Waals surface area contributed by atoms with Gasteiger partial charge in [-0.2, -0.15) is 0 Å². The summed E-state index contributed by atoms with van der Waals surface area (Å²) in [5, 5.41) is 0. The number of nitrogens with one attached hydrogen (secondary N) is 1. The van der Waals surface area contributed by atoms with Gasteiger partial charge in [0.15, 0.2) is 0 Å². The van der Waals surface area contributed by atoms with Crippen molar-refractivity contribution < 1.29 is 9.53 Å². The first-order valence-corrected chi connectivity index (χ1v) is 5.28. The second-order valence-electron chi connectivity index (χ2n) is 3.49. The summed E-state index contributed by atoms with van der Waals surface area (Å²) in [6, 6.07) is 6.94. The number of hydrogen-bond donors (Lipinski definition) is 2. The molecule has 1 amide bonds. The molecule has 6 heteroatoms. The Hall–Kier alpha value is -2.47. The van der Waals surface area contributed by atoms with Gasteiger partial charge in [-0.05, 0) is 24.3 Å². The van der Waals surface area contributed by atoms with Gasteiger partial charge >= 0.3 is 0 Å². The van der Waals surface area contributed by atoms with Gasteiger partial charge in [0.25, 0.3) is 5.91 Å². The van der Waals surface area contributed by atoms with Crippen molar-refractivity contribution in [2.75, 3.05) is 0 Å². The monoisotopic (exact) mass is 244 g/mol. The first-order valence-electron chi connectivity index (χ1n) is 5.28. The van der Waals surface area contributed by atoms with E-state index in [9.17, 15) is 4.79 Å². The van der Waals surface area contributed by atoms with E-state index in [1.165, 1.54) is 6.20 Å². The number of amides is 1. The average Bonchev–Trinajstić information content (AvgIpc) is 2.46. The molecule has 3 N–H and O–H groups in total. The highest BCUT2D eigenvalue weighted by Gasteiger charge is 2.04. The SMILES string of the molecule is NNC(=O)c1ccc(COc2cccnc2)nc1. The minimum absolute atomic E-state index is 0.316. The highest BCUT2D eigenvalue weighted by Crippen LogP contribution is 2.09. The zero-order valence-electron chi connectivity index (χ0n) is 9.54. The lowest BCUT2D eigenvalue weighted by Gasteiger charge is -2.05. The van der Waals surface area contributed by atoms with Gasteiger partial charge in [-0.1, -0.05) is 0 Å². The standard InChI is InChI=1S/C12H12N4O2/c13-16-12(17)9-3-4-10(15-6-9)8-18-11-2-1-5-14-7-11/h1-7H,8,13H2,(H,16,17). The van der Waals surface area contributed by atoms with Crippen LogP contribution in [0.15, 0.2) is 42.9 Å². The fraction of sp³-hybridized carbons (Fsp3) is 0.0833. The van der Waals surface area contributed by atoms with Crippen LogP contribution in [0.25, 0.3) is 0 Å². The van der Waals surface area contributed by atoms with Crippen LogP contribution in [-0.4, -0.2) is 15.9 Å². The van der Waals surface area contributed by atoms with Crippen molar-refractivity contribution in [2.24, 2.45) is 5.84 Å². The molecule has 0 radical (unpaired) electrons. The Morgan fingerprint density at radius 2 is 2.22 bits per heavy atom. The van der Waals surface area contributed by atoms with Crippen LogP contribution in [0.3, 0.4) is 0 Å². The van der Waals surface area contributed by atoms with Gasteiger partial charge in [0.2, 0.25) is 0 Å². The lowest BCUT2D eigenvalue weighted by molar-refractivity contribution is 0.0953. The Labute approximate surface area is 104 Å². The third kappa shape index (κ3) is 3.02. The van der Waals surface area contributed by atoms with E-state index in [1.54, 1.807) is 30.6 Å². The van der Waals surface area contributed by atoms with Crippen LogP contribution in [-0.2, 0) is 6.61 Å². The minimum Gasteiger partial charge on any atom is -0.486 e. The van der Waals surface area contributed by atoms with Crippen molar-refractivity contribution in [3.05, 3.63) is 54.1 Å². The molecule has 0 spiro atoms. The predicted molar refractivity (Wildman–Crippen MR) is 64.5 cm³/mol. The van der Waals surface area contributed by atoms with Crippen molar-refractivity contribution in [3.8, 4) is 5.75 Å². The highest BCUT2D eigenvalue weighted by atomic mass is 16.5. The molecule has 0 saturated heterocycles. The number of nitrogen functional groups attached to an aromatic ring is 1. The molecule has 18 heavy (non-hydrogen) atoms. The predicted octanol–water partition coefficient (Wildman–Crippen LogP) is 0.659. The largest absolute Gasteiger partial charge is 0.486 e. The summed E-state index contributed by atoms with van der Waals surface area (Å²) in [6.45, 7) is 0.316. The van der Waals surface area contributed by atoms with E-state index in [-0.39, 0.29) is 5.91 Å². The maximum atomic E-state index is 11.2. The van der Waals surface area contributed by atoms with Crippen LogP contribution in [0.4, 0.5) is 0 Å². The molecular formula is C12H12N4O2. The minimum atomic E-state index is -0.373. The highest BCUT2D eigenvalue weighted by molar-refractivity contribution is 5.93. The average molecular weight is 244 g/mol. The summed E-state index contributed by atoms with van der Waals surface area (Å²) >= 11 is 0. The summed E-state index contributed by atoms with van der Waals surface area (Å²) in [5.41, 5.74) is 3.16. The van der Waals surface area contributed by atoms with Crippen molar-refractivity contribution >= 4 is 5.91 Å². The van der Waals surface area contributed by atoms with Gasteiger partial charge in [-0.3, -0.25) is 20.2 Å². The summed E-state index contributed by atoms with van der Waals surface area (Å²) in [6.07, 6.45) is 4.74. The number of hydrogen-bond acceptors (Lipinski definition) is 5. The first-order chi connectivity index (χ1) is 8.79. The molecule has 2 aromatic heterocycles. The molecule has 0 aliphatic heterocycles. The van der Waals surface area contributed by atoms with Crippen molar-refractivity contribution in [2.45, 2.75) is 6.61 Å². The number of hydrazine groups is 1. The topological polar surface area (TPSA) is 90.1 Å². The third-order valence-corrected chi connectivity index (χ3v) is 2.24. The molecule has 2 aromatic rings. The second kappa shape index (κ2) is 5.74. The van der Waals surface area contributed by atoms with Crippen LogP contribution >= 0.6 is 0 Å². The first kappa shape index (κ1) is 12.0. The number of ether oxygens (including phenoxy) is 1. The molecule has 0 aliphatic rings. The van der Waals surface area contributed by atoms with E-state index in [0.29, 0.717) is 23.6 Å². The molecule has 0 saturated carbocycles. The number of rotatable bonds is 4. The molecule has 92 valence electrons. The second-order valence-corrected chi connectivity index (χ2v) is 3.49. The van der Waals surface area contributed by atoms with Gasteiger partial charge in [-0.15, -0.1) is 0 Å². The van der Waals surface area contributed by atoms with Gasteiger partial charge in [0, 0.05) is 12.4 Å². The molecule has 0 aliphatic carbocycles. The van der Waals surface area contributed by atoms with Gasteiger partial charge in [-0.25, -0.2) is 5.84 Å². The Morgan fingerprint density at radius 3 is 2.83 bits per heavy atom. The molecule has 0 atom stereocenters. The molecule has 2 rings (SSSR count). The fourth-order valence-corrected chi connectivity index (χ4v) is 1.32. The Balaban J connectivity index is 1.97. The molecular weight excluding hydrogens is 232 g/mol. The van der Waals surface area contributed by atoms with Crippen molar-refractivity contribution in [3.63, 3.8) is 0 Å². The van der Waals surface area contributed by atoms with Crippen LogP contribution in [0.2, 0.25) is 0 Å². The zero-order chi connectivity index (χ0) is 12.8. The lowest BCUT2D eigenvalue weighted by atomic mass is 10.2. The van der Waals surface area contributed by atoms with Gasteiger partial charge in [0.1, 0.15) is 12.4 Å². The van der Waals surface area contributed by atoms with Crippen molar-refractivity contribution in [1.82, 2.24) is 15.4 Å². The summed E-state index contributed by atoms with van der Waals surface area (Å²) in [5.74, 6) is 5.31. The smallest absolute Gasteiger partial charge is 0.266 e. The number of pyridine rings is 2. The van der Waals surface area contributed by atoms with E-state index in [1.807, 2.05) is 11.5 Å². The van der Waals surface area contributed by atoms with Crippen LogP contribution in [0, 0.1) is 0 Å². The van der Waals surface area contributed by atoms with E-state index < -0.39 is 0 Å². The molecule has 0 aromatic carbocycles. The maximum absolute atomic E-state index is 11.2. The fourth-order valence-electron chi connectivity index (χ4n) is 1.32. The van der Waals surface area contributed by atoms with Crippen LogP contribution in [0.5, 0.6) is 5.75 Å². The molecule has 6 nitrogen and oxygen atoms in total. The Morgan fingerprint density at radius 1 is 1.33 bits per heavy atom. The third-order valence-electron chi connectivity index (χ3n) is 2.24. The summed E-state index contributed by atoms with van der Waals surface area (Å²) in [4.78, 5) is 19.2. The Bertz CT molecular complexity index is 513. The van der Waals surface area contributed by atoms with E-state index in [0.717, 1.165) is 0 Å². The van der Waals surface area contributed by atoms with E-state index >= 15 is 0 Å². The van der Waals surface area contributed by atoms with Crippen LogP contribution in [0.1, 0.15) is 16.1 Å². The summed E-state index contributed by atoms with van der Waals surface area (Å²) in [7, 11) is 0. The number of carbonyl (C=O) groups is 1. The molecule has 0 unspecified atom stereocenters. The van der Waals surface area contributed by atoms with Crippen LogP contribution < -0.4 is 16.0 Å². The van der Waals surface area contributed by atoms with E-state index in [2.05, 4.69) is 9.97 Å². The molecule has 0 bridgehead atoms. The maximum Gasteiger partial charge on any atom is 0.266 e.